The molecule has 4 aromatic rings. The molecule has 0 bridgehead atoms. The number of carbonyl (C=O) groups is 1. The molecule has 2 N–H and O–H groups in total. The summed E-state index contributed by atoms with van der Waals surface area (Å²) in [4.78, 5) is 36.2. The van der Waals surface area contributed by atoms with Crippen molar-refractivity contribution in [2.45, 2.75) is 25.7 Å². The summed E-state index contributed by atoms with van der Waals surface area (Å²) in [5.74, 6) is 1.25. The van der Waals surface area contributed by atoms with E-state index in [1.807, 2.05) is 37.4 Å². The van der Waals surface area contributed by atoms with Crippen LogP contribution in [0.1, 0.15) is 36.0 Å². The molecule has 1 aromatic carbocycles. The van der Waals surface area contributed by atoms with Crippen LogP contribution in [0.2, 0.25) is 0 Å². The van der Waals surface area contributed by atoms with Crippen molar-refractivity contribution < 1.29 is 9.32 Å². The highest BCUT2D eigenvalue weighted by molar-refractivity contribution is 6.00. The van der Waals surface area contributed by atoms with Gasteiger partial charge < -0.3 is 15.2 Å². The third-order valence-electron chi connectivity index (χ3n) is 5.72. The average molecular weight is 442 g/mol. The third kappa shape index (κ3) is 4.27. The number of pyridine rings is 1. The van der Waals surface area contributed by atoms with Crippen molar-refractivity contribution in [3.8, 4) is 23.2 Å². The molecule has 166 valence electrons. The highest BCUT2D eigenvalue weighted by atomic mass is 16.5. The average Bonchev–Trinajstić information content (AvgIpc) is 3.31. The molecule has 0 atom stereocenters. The van der Waals surface area contributed by atoms with Gasteiger partial charge in [0.2, 0.25) is 23.5 Å². The van der Waals surface area contributed by atoms with Crippen molar-refractivity contribution in [1.29, 1.82) is 0 Å². The maximum Gasteiger partial charge on any atom is 0.277 e. The Morgan fingerprint density at radius 1 is 1.06 bits per heavy atom. The van der Waals surface area contributed by atoms with E-state index < -0.39 is 0 Å². The Morgan fingerprint density at radius 2 is 1.88 bits per heavy atom. The largest absolute Gasteiger partial charge is 0.368 e. The summed E-state index contributed by atoms with van der Waals surface area (Å²) in [5, 5.41) is 4.00. The Morgan fingerprint density at radius 3 is 2.64 bits per heavy atom. The molecule has 10 nitrogen and oxygen atoms in total. The fraction of sp³-hybridized carbons (Fsp3) is 0.261. The van der Waals surface area contributed by atoms with Crippen LogP contribution < -0.4 is 10.6 Å². The number of nitrogen functional groups attached to an aromatic ring is 1. The van der Waals surface area contributed by atoms with Crippen molar-refractivity contribution in [2.24, 2.45) is 5.92 Å². The van der Waals surface area contributed by atoms with Crippen molar-refractivity contribution in [3.63, 3.8) is 0 Å². The molecule has 0 spiro atoms. The van der Waals surface area contributed by atoms with Crippen LogP contribution in [0.25, 0.3) is 23.2 Å². The molecular weight excluding hydrogens is 420 g/mol. The monoisotopic (exact) mass is 442 g/mol. The number of Topliss-reactive ketones (excluding diaryl/α,β-unsaturated/α-hetero) is 1. The van der Waals surface area contributed by atoms with Crippen LogP contribution >= 0.6 is 0 Å². The van der Waals surface area contributed by atoms with E-state index in [1.54, 1.807) is 23.2 Å². The molecule has 1 aliphatic rings. The van der Waals surface area contributed by atoms with Crippen LogP contribution in [-0.2, 0) is 0 Å². The molecule has 33 heavy (non-hydrogen) atoms. The van der Waals surface area contributed by atoms with Crippen LogP contribution in [0.5, 0.6) is 0 Å². The Bertz CT molecular complexity index is 1290. The van der Waals surface area contributed by atoms with Crippen molar-refractivity contribution in [3.05, 3.63) is 54.2 Å². The van der Waals surface area contributed by atoms with E-state index in [1.165, 1.54) is 6.42 Å². The second-order valence-electron chi connectivity index (χ2n) is 7.96. The van der Waals surface area contributed by atoms with Crippen LogP contribution in [0, 0.1) is 5.92 Å². The lowest BCUT2D eigenvalue weighted by molar-refractivity contribution is 0.0936. The van der Waals surface area contributed by atoms with E-state index in [-0.39, 0.29) is 29.3 Å². The molecule has 0 unspecified atom stereocenters. The van der Waals surface area contributed by atoms with E-state index in [4.69, 9.17) is 10.3 Å². The summed E-state index contributed by atoms with van der Waals surface area (Å²) < 4.78 is 5.44. The molecule has 1 saturated carbocycles. The smallest absolute Gasteiger partial charge is 0.277 e. The lowest BCUT2D eigenvalue weighted by atomic mass is 9.81. The number of para-hydroxylation sites is 1. The van der Waals surface area contributed by atoms with Gasteiger partial charge >= 0.3 is 0 Å². The number of aromatic nitrogens is 6. The molecule has 3 heterocycles. The third-order valence-corrected chi connectivity index (χ3v) is 5.72. The van der Waals surface area contributed by atoms with Crippen LogP contribution in [0.15, 0.2) is 53.2 Å². The number of nitrogens with zero attached hydrogens (tertiary/aromatic N) is 7. The van der Waals surface area contributed by atoms with Gasteiger partial charge in [-0.2, -0.15) is 19.9 Å². The van der Waals surface area contributed by atoms with Crippen LogP contribution in [0.4, 0.5) is 17.6 Å². The standard InChI is InChI=1S/C23H22N8O2/c1-31(15-9-3-2-4-10-15)23-28-19(27-22(24)29-23)20-26-21(33-30-20)18-16(11-6-12-25-18)17(32)13-14-7-5-8-14/h2-4,6,9-12,14H,5,7-8,13H2,1H3,(H2,24,27,28,29). The zero-order valence-electron chi connectivity index (χ0n) is 18.0. The molecule has 0 radical (unpaired) electrons. The van der Waals surface area contributed by atoms with Gasteiger partial charge in [0.05, 0.1) is 0 Å². The summed E-state index contributed by atoms with van der Waals surface area (Å²) in [6.45, 7) is 0. The van der Waals surface area contributed by atoms with Gasteiger partial charge in [0.1, 0.15) is 5.69 Å². The van der Waals surface area contributed by atoms with Gasteiger partial charge in [-0.3, -0.25) is 9.78 Å². The molecule has 0 amide bonds. The summed E-state index contributed by atoms with van der Waals surface area (Å²) in [7, 11) is 1.82. The van der Waals surface area contributed by atoms with E-state index in [0.717, 1.165) is 18.5 Å². The minimum Gasteiger partial charge on any atom is -0.368 e. The summed E-state index contributed by atoms with van der Waals surface area (Å²) in [6.07, 6.45) is 5.45. The second-order valence-corrected chi connectivity index (χ2v) is 7.96. The Balaban J connectivity index is 1.45. The van der Waals surface area contributed by atoms with Gasteiger partial charge in [-0.25, -0.2) is 0 Å². The quantitative estimate of drug-likeness (QED) is 0.422. The van der Waals surface area contributed by atoms with Gasteiger partial charge in [-0.05, 0) is 30.2 Å². The SMILES string of the molecule is CN(c1ccccc1)c1nc(N)nc(-c2noc(-c3ncccc3C(=O)CC3CCC3)n2)n1. The summed E-state index contributed by atoms with van der Waals surface area (Å²) in [6, 6.07) is 13.1. The van der Waals surface area contributed by atoms with Crippen molar-refractivity contribution in [1.82, 2.24) is 30.1 Å². The minimum atomic E-state index is 0.0262. The number of rotatable bonds is 7. The van der Waals surface area contributed by atoms with E-state index in [0.29, 0.717) is 29.5 Å². The molecule has 5 rings (SSSR count). The van der Waals surface area contributed by atoms with Crippen LogP contribution in [-0.4, -0.2) is 42.9 Å². The summed E-state index contributed by atoms with van der Waals surface area (Å²) in [5.41, 5.74) is 7.63. The molecule has 10 heteroatoms. The zero-order chi connectivity index (χ0) is 22.8. The number of nitrogens with two attached hydrogens (primary N) is 1. The predicted molar refractivity (Wildman–Crippen MR) is 122 cm³/mol. The number of ketones is 1. The Labute approximate surface area is 189 Å². The van der Waals surface area contributed by atoms with E-state index in [9.17, 15) is 4.79 Å². The summed E-state index contributed by atoms with van der Waals surface area (Å²) >= 11 is 0. The first-order valence-corrected chi connectivity index (χ1v) is 10.7. The van der Waals surface area contributed by atoms with E-state index >= 15 is 0 Å². The van der Waals surface area contributed by atoms with Crippen LogP contribution in [0.3, 0.4) is 0 Å². The lowest BCUT2D eigenvalue weighted by Crippen LogP contribution is -2.16. The molecule has 0 aliphatic heterocycles. The number of carbonyl (C=O) groups excluding carboxylic acids is 1. The fourth-order valence-electron chi connectivity index (χ4n) is 3.68. The maximum atomic E-state index is 12.8. The van der Waals surface area contributed by atoms with Gasteiger partial charge in [0.15, 0.2) is 5.78 Å². The molecule has 0 saturated heterocycles. The fourth-order valence-corrected chi connectivity index (χ4v) is 3.68. The van der Waals surface area contributed by atoms with E-state index in [2.05, 4.69) is 30.1 Å². The lowest BCUT2D eigenvalue weighted by Gasteiger charge is -2.24. The molecule has 1 fully saturated rings. The highest BCUT2D eigenvalue weighted by Gasteiger charge is 2.25. The number of benzene rings is 1. The van der Waals surface area contributed by atoms with Crippen molar-refractivity contribution >= 4 is 23.4 Å². The minimum absolute atomic E-state index is 0.0262. The molecular formula is C23H22N8O2. The number of hydrogen-bond acceptors (Lipinski definition) is 10. The van der Waals surface area contributed by atoms with Gasteiger partial charge in [-0.1, -0.05) is 42.6 Å². The van der Waals surface area contributed by atoms with Gasteiger partial charge in [0, 0.05) is 30.9 Å². The maximum absolute atomic E-state index is 12.8. The zero-order valence-corrected chi connectivity index (χ0v) is 18.0. The number of anilines is 3. The van der Waals surface area contributed by atoms with Gasteiger partial charge in [0.25, 0.3) is 5.89 Å². The first kappa shape index (κ1) is 20.7. The molecule has 3 aromatic heterocycles. The first-order chi connectivity index (χ1) is 16.1. The topological polar surface area (TPSA) is 137 Å². The Hall–Kier alpha value is -4.21. The Kier molecular flexibility index (Phi) is 5.47. The first-order valence-electron chi connectivity index (χ1n) is 10.7. The van der Waals surface area contributed by atoms with Crippen molar-refractivity contribution in [2.75, 3.05) is 17.7 Å². The normalized spacial score (nSPS) is 13.5. The predicted octanol–water partition coefficient (Wildman–Crippen LogP) is 3.71. The highest BCUT2D eigenvalue weighted by Crippen LogP contribution is 2.32. The van der Waals surface area contributed by atoms with Gasteiger partial charge in [-0.15, -0.1) is 0 Å². The second kappa shape index (κ2) is 8.73. The number of hydrogen-bond donors (Lipinski definition) is 1. The molecule has 1 aliphatic carbocycles.